The molecule has 0 unspecified atom stereocenters. The molecule has 3 aromatic rings. The number of rotatable bonds is 3. The Kier molecular flexibility index (Phi) is 4.04. The molecular formula is C16H12F3N3S. The van der Waals surface area contributed by atoms with E-state index in [2.05, 4.69) is 15.3 Å². The lowest BCUT2D eigenvalue weighted by atomic mass is 10.2. The monoisotopic (exact) mass is 335 g/mol. The van der Waals surface area contributed by atoms with Gasteiger partial charge in [-0.25, -0.2) is 9.97 Å². The number of halogens is 3. The Morgan fingerprint density at radius 2 is 1.78 bits per heavy atom. The van der Waals surface area contributed by atoms with Crippen LogP contribution in [0.3, 0.4) is 0 Å². The maximum absolute atomic E-state index is 13.1. The van der Waals surface area contributed by atoms with E-state index in [-0.39, 0.29) is 11.6 Å². The van der Waals surface area contributed by atoms with Crippen molar-refractivity contribution < 1.29 is 13.2 Å². The van der Waals surface area contributed by atoms with Gasteiger partial charge in [0.1, 0.15) is 0 Å². The van der Waals surface area contributed by atoms with Gasteiger partial charge in [-0.15, -0.1) is 11.3 Å². The van der Waals surface area contributed by atoms with Gasteiger partial charge in [0.05, 0.1) is 10.6 Å². The summed E-state index contributed by atoms with van der Waals surface area (Å²) in [5.74, 6) is -0.0768. The Bertz CT molecular complexity index is 796. The molecule has 0 aliphatic heterocycles. The predicted molar refractivity (Wildman–Crippen MR) is 84.8 cm³/mol. The van der Waals surface area contributed by atoms with Gasteiger partial charge in [0, 0.05) is 5.69 Å². The highest BCUT2D eigenvalue weighted by Crippen LogP contribution is 2.32. The first-order chi connectivity index (χ1) is 10.9. The molecule has 0 amide bonds. The third-order valence-electron chi connectivity index (χ3n) is 3.10. The molecule has 0 bridgehead atoms. The molecular weight excluding hydrogens is 323 g/mol. The zero-order valence-corrected chi connectivity index (χ0v) is 12.9. The van der Waals surface area contributed by atoms with E-state index in [0.29, 0.717) is 10.6 Å². The number of nitrogens with one attached hydrogen (secondary N) is 1. The number of nitrogens with zero attached hydrogens (tertiary/aromatic N) is 2. The number of anilines is 2. The number of aromatic nitrogens is 2. The zero-order valence-electron chi connectivity index (χ0n) is 12.1. The van der Waals surface area contributed by atoms with E-state index in [1.54, 1.807) is 29.6 Å². The molecule has 7 heteroatoms. The van der Waals surface area contributed by atoms with Crippen LogP contribution < -0.4 is 5.32 Å². The number of benzene rings is 1. The molecule has 0 saturated heterocycles. The molecule has 23 heavy (non-hydrogen) atoms. The van der Waals surface area contributed by atoms with Gasteiger partial charge in [-0.2, -0.15) is 13.2 Å². The van der Waals surface area contributed by atoms with Gasteiger partial charge in [-0.1, -0.05) is 23.8 Å². The Morgan fingerprint density at radius 3 is 2.39 bits per heavy atom. The molecule has 0 radical (unpaired) electrons. The van der Waals surface area contributed by atoms with E-state index in [9.17, 15) is 13.2 Å². The van der Waals surface area contributed by atoms with Gasteiger partial charge in [0.15, 0.2) is 5.69 Å². The first-order valence-corrected chi connectivity index (χ1v) is 7.63. The van der Waals surface area contributed by atoms with E-state index in [0.717, 1.165) is 11.6 Å². The molecule has 1 N–H and O–H groups in total. The summed E-state index contributed by atoms with van der Waals surface area (Å²) < 4.78 is 39.2. The third kappa shape index (κ3) is 3.68. The smallest absolute Gasteiger partial charge is 0.324 e. The first-order valence-electron chi connectivity index (χ1n) is 6.76. The van der Waals surface area contributed by atoms with Crippen molar-refractivity contribution in [3.05, 3.63) is 59.1 Å². The molecule has 3 rings (SSSR count). The normalized spacial score (nSPS) is 11.5. The average molecular weight is 335 g/mol. The van der Waals surface area contributed by atoms with Gasteiger partial charge < -0.3 is 5.32 Å². The van der Waals surface area contributed by atoms with Crippen molar-refractivity contribution >= 4 is 23.0 Å². The molecule has 2 heterocycles. The fourth-order valence-corrected chi connectivity index (χ4v) is 2.65. The summed E-state index contributed by atoms with van der Waals surface area (Å²) in [6.07, 6.45) is -4.53. The zero-order chi connectivity index (χ0) is 16.4. The number of hydrogen-bond acceptors (Lipinski definition) is 4. The maximum atomic E-state index is 13.1. The van der Waals surface area contributed by atoms with Crippen molar-refractivity contribution in [1.82, 2.24) is 9.97 Å². The second kappa shape index (κ2) is 6.00. The van der Waals surface area contributed by atoms with Crippen molar-refractivity contribution in [2.75, 3.05) is 5.32 Å². The van der Waals surface area contributed by atoms with Gasteiger partial charge in [-0.3, -0.25) is 0 Å². The molecule has 0 atom stereocenters. The topological polar surface area (TPSA) is 37.8 Å². The highest BCUT2D eigenvalue weighted by molar-refractivity contribution is 7.13. The minimum absolute atomic E-state index is 0.0768. The number of aryl methyl sites for hydroxylation is 1. The SMILES string of the molecule is Cc1ccc(Nc2nc(-c3cccs3)cc(C(F)(F)F)n2)cc1. The highest BCUT2D eigenvalue weighted by Gasteiger charge is 2.34. The number of thiophene rings is 1. The lowest BCUT2D eigenvalue weighted by Crippen LogP contribution is -2.11. The minimum atomic E-state index is -4.53. The lowest BCUT2D eigenvalue weighted by molar-refractivity contribution is -0.141. The van der Waals surface area contributed by atoms with Crippen LogP contribution in [0.1, 0.15) is 11.3 Å². The van der Waals surface area contributed by atoms with Crippen molar-refractivity contribution in [2.45, 2.75) is 13.1 Å². The van der Waals surface area contributed by atoms with Crippen LogP contribution in [0.25, 0.3) is 10.6 Å². The summed E-state index contributed by atoms with van der Waals surface area (Å²) in [4.78, 5) is 8.44. The van der Waals surface area contributed by atoms with Crippen molar-refractivity contribution in [1.29, 1.82) is 0 Å². The van der Waals surface area contributed by atoms with Crippen LogP contribution in [-0.4, -0.2) is 9.97 Å². The molecule has 2 aromatic heterocycles. The summed E-state index contributed by atoms with van der Waals surface area (Å²) in [6.45, 7) is 1.93. The standard InChI is InChI=1S/C16H12F3N3S/c1-10-4-6-11(7-5-10)20-15-21-12(13-3-2-8-23-13)9-14(22-15)16(17,18)19/h2-9H,1H3,(H,20,21,22). The van der Waals surface area contributed by atoms with Gasteiger partial charge in [0.25, 0.3) is 0 Å². The van der Waals surface area contributed by atoms with Gasteiger partial charge in [0.2, 0.25) is 5.95 Å². The van der Waals surface area contributed by atoms with Crippen LogP contribution in [0.15, 0.2) is 47.8 Å². The molecule has 118 valence electrons. The van der Waals surface area contributed by atoms with E-state index in [1.807, 2.05) is 19.1 Å². The van der Waals surface area contributed by atoms with E-state index >= 15 is 0 Å². The van der Waals surface area contributed by atoms with Crippen LogP contribution in [0, 0.1) is 6.92 Å². The van der Waals surface area contributed by atoms with E-state index < -0.39 is 11.9 Å². The van der Waals surface area contributed by atoms with E-state index in [4.69, 9.17) is 0 Å². The Labute approximate surface area is 134 Å². The Morgan fingerprint density at radius 1 is 1.04 bits per heavy atom. The fraction of sp³-hybridized carbons (Fsp3) is 0.125. The largest absolute Gasteiger partial charge is 0.433 e. The molecule has 0 spiro atoms. The summed E-state index contributed by atoms with van der Waals surface area (Å²) in [6, 6.07) is 11.7. The summed E-state index contributed by atoms with van der Waals surface area (Å²) in [5, 5.41) is 4.62. The van der Waals surface area contributed by atoms with Crippen LogP contribution in [0.2, 0.25) is 0 Å². The van der Waals surface area contributed by atoms with Gasteiger partial charge in [-0.05, 0) is 36.6 Å². The third-order valence-corrected chi connectivity index (χ3v) is 3.99. The van der Waals surface area contributed by atoms with Crippen molar-refractivity contribution in [2.24, 2.45) is 0 Å². The van der Waals surface area contributed by atoms with Crippen LogP contribution in [0.5, 0.6) is 0 Å². The molecule has 0 aliphatic carbocycles. The second-order valence-electron chi connectivity index (χ2n) is 4.93. The number of alkyl halides is 3. The molecule has 0 saturated carbocycles. The molecule has 0 fully saturated rings. The predicted octanol–water partition coefficient (Wildman–Crippen LogP) is 5.28. The summed E-state index contributed by atoms with van der Waals surface area (Å²) >= 11 is 1.33. The minimum Gasteiger partial charge on any atom is -0.324 e. The summed E-state index contributed by atoms with van der Waals surface area (Å²) in [7, 11) is 0. The summed E-state index contributed by atoms with van der Waals surface area (Å²) in [5.41, 5.74) is 0.967. The molecule has 3 nitrogen and oxygen atoms in total. The van der Waals surface area contributed by atoms with Crippen molar-refractivity contribution in [3.8, 4) is 10.6 Å². The van der Waals surface area contributed by atoms with Crippen molar-refractivity contribution in [3.63, 3.8) is 0 Å². The van der Waals surface area contributed by atoms with Crippen LogP contribution in [-0.2, 0) is 6.18 Å². The van der Waals surface area contributed by atoms with Crippen LogP contribution >= 0.6 is 11.3 Å². The first kappa shape index (κ1) is 15.5. The molecule has 0 aliphatic rings. The highest BCUT2D eigenvalue weighted by atomic mass is 32.1. The van der Waals surface area contributed by atoms with Gasteiger partial charge >= 0.3 is 6.18 Å². The lowest BCUT2D eigenvalue weighted by Gasteiger charge is -2.11. The number of hydrogen-bond donors (Lipinski definition) is 1. The second-order valence-corrected chi connectivity index (χ2v) is 5.88. The Hall–Kier alpha value is -2.41. The average Bonchev–Trinajstić information content (AvgIpc) is 3.03. The molecule has 1 aromatic carbocycles. The Balaban J connectivity index is 2.01. The quantitative estimate of drug-likeness (QED) is 0.708. The van der Waals surface area contributed by atoms with Crippen LogP contribution in [0.4, 0.5) is 24.8 Å². The maximum Gasteiger partial charge on any atom is 0.433 e. The van der Waals surface area contributed by atoms with E-state index in [1.165, 1.54) is 11.3 Å². The fourth-order valence-electron chi connectivity index (χ4n) is 1.96.